The van der Waals surface area contributed by atoms with Gasteiger partial charge >= 0.3 is 0 Å². The number of nitrogens with one attached hydrogen (secondary N) is 2. The molecule has 1 rings (SSSR count). The van der Waals surface area contributed by atoms with Gasteiger partial charge in [-0.2, -0.15) is 4.98 Å². The molecule has 0 spiro atoms. The summed E-state index contributed by atoms with van der Waals surface area (Å²) in [5, 5.41) is 33.2. The standard InChI is InChI=1S/C10H18N4O3/c1-7-3-8(13-9(11-2)12-7)14-10(4-15,5-16)6-17/h3,15-17H,4-6H2,1-2H3,(H2,11,12,13,14). The third-order valence-electron chi connectivity index (χ3n) is 2.38. The van der Waals surface area contributed by atoms with Crippen LogP contribution in [-0.4, -0.2) is 57.7 Å². The summed E-state index contributed by atoms with van der Waals surface area (Å²) in [7, 11) is 1.69. The summed E-state index contributed by atoms with van der Waals surface area (Å²) in [6, 6.07) is 1.66. The predicted octanol–water partition coefficient (Wildman–Crippen LogP) is -1.05. The zero-order chi connectivity index (χ0) is 12.9. The Kier molecular flexibility index (Phi) is 4.62. The lowest BCUT2D eigenvalue weighted by atomic mass is 10.0. The Balaban J connectivity index is 2.96. The van der Waals surface area contributed by atoms with Gasteiger partial charge in [-0.25, -0.2) is 4.98 Å². The van der Waals surface area contributed by atoms with Crippen LogP contribution in [0.3, 0.4) is 0 Å². The van der Waals surface area contributed by atoms with Gasteiger partial charge in [0.1, 0.15) is 11.4 Å². The van der Waals surface area contributed by atoms with E-state index in [9.17, 15) is 15.3 Å². The lowest BCUT2D eigenvalue weighted by Gasteiger charge is -2.29. The van der Waals surface area contributed by atoms with Crippen molar-refractivity contribution in [3.05, 3.63) is 11.8 Å². The molecule has 96 valence electrons. The van der Waals surface area contributed by atoms with Crippen LogP contribution in [0.5, 0.6) is 0 Å². The summed E-state index contributed by atoms with van der Waals surface area (Å²) in [6.07, 6.45) is 0. The minimum atomic E-state index is -1.19. The summed E-state index contributed by atoms with van der Waals surface area (Å²) in [6.45, 7) is 0.583. The molecule has 0 unspecified atom stereocenters. The first-order valence-electron chi connectivity index (χ1n) is 5.23. The Bertz CT molecular complexity index is 360. The summed E-state index contributed by atoms with van der Waals surface area (Å²) < 4.78 is 0. The zero-order valence-corrected chi connectivity index (χ0v) is 9.93. The molecule has 5 N–H and O–H groups in total. The van der Waals surface area contributed by atoms with E-state index in [4.69, 9.17) is 0 Å². The molecule has 0 aliphatic carbocycles. The van der Waals surface area contributed by atoms with Gasteiger partial charge in [0.2, 0.25) is 5.95 Å². The van der Waals surface area contributed by atoms with Crippen LogP contribution in [0.1, 0.15) is 5.69 Å². The number of hydrogen-bond donors (Lipinski definition) is 5. The molecular weight excluding hydrogens is 224 g/mol. The summed E-state index contributed by atoms with van der Waals surface area (Å²) >= 11 is 0. The molecule has 0 aromatic carbocycles. The fraction of sp³-hybridized carbons (Fsp3) is 0.600. The minimum absolute atomic E-state index is 0.405. The zero-order valence-electron chi connectivity index (χ0n) is 9.93. The number of aliphatic hydroxyl groups excluding tert-OH is 3. The molecule has 17 heavy (non-hydrogen) atoms. The number of hydrogen-bond acceptors (Lipinski definition) is 7. The van der Waals surface area contributed by atoms with Gasteiger partial charge in [0, 0.05) is 18.8 Å². The first-order valence-corrected chi connectivity index (χ1v) is 5.23. The molecule has 7 nitrogen and oxygen atoms in total. The molecule has 0 bridgehead atoms. The molecule has 0 atom stereocenters. The van der Waals surface area contributed by atoms with Gasteiger partial charge in [0.25, 0.3) is 0 Å². The molecule has 0 amide bonds. The molecule has 0 saturated carbocycles. The van der Waals surface area contributed by atoms with Crippen molar-refractivity contribution in [2.75, 3.05) is 37.5 Å². The maximum atomic E-state index is 9.19. The lowest BCUT2D eigenvalue weighted by molar-refractivity contribution is 0.0831. The van der Waals surface area contributed by atoms with Gasteiger partial charge in [-0.1, -0.05) is 0 Å². The van der Waals surface area contributed by atoms with Gasteiger partial charge < -0.3 is 26.0 Å². The fourth-order valence-corrected chi connectivity index (χ4v) is 1.28. The third kappa shape index (κ3) is 3.26. The quantitative estimate of drug-likeness (QED) is 0.433. The molecule has 0 radical (unpaired) electrons. The highest BCUT2D eigenvalue weighted by atomic mass is 16.3. The maximum Gasteiger partial charge on any atom is 0.224 e. The maximum absolute atomic E-state index is 9.19. The number of aryl methyl sites for hydroxylation is 1. The van der Waals surface area contributed by atoms with Gasteiger partial charge in [0.05, 0.1) is 19.8 Å². The van der Waals surface area contributed by atoms with E-state index in [2.05, 4.69) is 20.6 Å². The van der Waals surface area contributed by atoms with Crippen molar-refractivity contribution in [2.45, 2.75) is 12.5 Å². The number of anilines is 2. The van der Waals surface area contributed by atoms with Crippen LogP contribution in [-0.2, 0) is 0 Å². The van der Waals surface area contributed by atoms with Crippen molar-refractivity contribution in [2.24, 2.45) is 0 Å². The van der Waals surface area contributed by atoms with Crippen molar-refractivity contribution >= 4 is 11.8 Å². The Morgan fingerprint density at radius 1 is 1.18 bits per heavy atom. The number of nitrogens with zero attached hydrogens (tertiary/aromatic N) is 2. The lowest BCUT2D eigenvalue weighted by Crippen LogP contribution is -2.49. The first-order chi connectivity index (χ1) is 8.09. The number of aliphatic hydroxyl groups is 3. The summed E-state index contributed by atoms with van der Waals surface area (Å²) in [5.74, 6) is 0.856. The smallest absolute Gasteiger partial charge is 0.224 e. The van der Waals surface area contributed by atoms with Gasteiger partial charge in [-0.05, 0) is 6.92 Å². The van der Waals surface area contributed by atoms with Crippen LogP contribution in [0.2, 0.25) is 0 Å². The highest BCUT2D eigenvalue weighted by Gasteiger charge is 2.28. The largest absolute Gasteiger partial charge is 0.394 e. The highest BCUT2D eigenvalue weighted by molar-refractivity contribution is 5.44. The van der Waals surface area contributed by atoms with E-state index >= 15 is 0 Å². The molecule has 0 saturated heterocycles. The van der Waals surface area contributed by atoms with Crippen LogP contribution >= 0.6 is 0 Å². The van der Waals surface area contributed by atoms with E-state index in [0.29, 0.717) is 11.8 Å². The fourth-order valence-electron chi connectivity index (χ4n) is 1.28. The third-order valence-corrected chi connectivity index (χ3v) is 2.38. The van der Waals surface area contributed by atoms with E-state index in [-0.39, 0.29) is 0 Å². The topological polar surface area (TPSA) is 111 Å². The molecule has 0 aliphatic rings. The number of rotatable bonds is 6. The molecule has 1 aromatic heterocycles. The summed E-state index contributed by atoms with van der Waals surface area (Å²) in [5.41, 5.74) is -0.458. The van der Waals surface area contributed by atoms with E-state index in [1.54, 1.807) is 20.0 Å². The van der Waals surface area contributed by atoms with Gasteiger partial charge in [0.15, 0.2) is 0 Å². The molecule has 0 fully saturated rings. The van der Waals surface area contributed by atoms with Crippen LogP contribution < -0.4 is 10.6 Å². The van der Waals surface area contributed by atoms with Crippen molar-refractivity contribution in [1.82, 2.24) is 9.97 Å². The monoisotopic (exact) mass is 242 g/mol. The van der Waals surface area contributed by atoms with Crippen LogP contribution in [0, 0.1) is 6.92 Å². The van der Waals surface area contributed by atoms with Crippen LogP contribution in [0.25, 0.3) is 0 Å². The van der Waals surface area contributed by atoms with Crippen LogP contribution in [0.15, 0.2) is 6.07 Å². The molecule has 7 heteroatoms. The second kappa shape index (κ2) is 5.76. The van der Waals surface area contributed by atoms with Crippen LogP contribution in [0.4, 0.5) is 11.8 Å². The second-order valence-corrected chi connectivity index (χ2v) is 3.85. The highest BCUT2D eigenvalue weighted by Crippen LogP contribution is 2.15. The second-order valence-electron chi connectivity index (χ2n) is 3.85. The average molecular weight is 242 g/mol. The van der Waals surface area contributed by atoms with Crippen molar-refractivity contribution < 1.29 is 15.3 Å². The van der Waals surface area contributed by atoms with E-state index in [0.717, 1.165) is 5.69 Å². The predicted molar refractivity (Wildman–Crippen MR) is 63.9 cm³/mol. The normalized spacial score (nSPS) is 11.4. The average Bonchev–Trinajstić information content (AvgIpc) is 2.35. The Morgan fingerprint density at radius 2 is 1.76 bits per heavy atom. The Morgan fingerprint density at radius 3 is 2.24 bits per heavy atom. The Labute approximate surface area is 99.5 Å². The number of aromatic nitrogens is 2. The Hall–Kier alpha value is -1.44. The van der Waals surface area contributed by atoms with Gasteiger partial charge in [-0.3, -0.25) is 0 Å². The molecule has 1 aromatic rings. The first kappa shape index (κ1) is 13.6. The van der Waals surface area contributed by atoms with Crippen molar-refractivity contribution in [3.8, 4) is 0 Å². The molecular formula is C10H18N4O3. The van der Waals surface area contributed by atoms with Gasteiger partial charge in [-0.15, -0.1) is 0 Å². The molecule has 1 heterocycles. The van der Waals surface area contributed by atoms with E-state index in [1.165, 1.54) is 0 Å². The summed E-state index contributed by atoms with van der Waals surface area (Å²) in [4.78, 5) is 8.22. The van der Waals surface area contributed by atoms with Crippen molar-refractivity contribution in [3.63, 3.8) is 0 Å². The van der Waals surface area contributed by atoms with E-state index < -0.39 is 25.4 Å². The minimum Gasteiger partial charge on any atom is -0.394 e. The SMILES string of the molecule is CNc1nc(C)cc(NC(CO)(CO)CO)n1. The molecule has 0 aliphatic heterocycles. The van der Waals surface area contributed by atoms with E-state index in [1.807, 2.05) is 0 Å². The van der Waals surface area contributed by atoms with Crippen molar-refractivity contribution in [1.29, 1.82) is 0 Å².